The van der Waals surface area contributed by atoms with E-state index in [1.807, 2.05) is 19.1 Å². The van der Waals surface area contributed by atoms with Gasteiger partial charge in [-0.2, -0.15) is 0 Å². The summed E-state index contributed by atoms with van der Waals surface area (Å²) in [6.07, 6.45) is 7.81. The summed E-state index contributed by atoms with van der Waals surface area (Å²) in [7, 11) is 1.58. The standard InChI is InChI=1S/C23H23N5O4/c1-4-10-32-23(31)28(3)20-9-8-17(15-6-7-16(14-29)25-12-15)18-11-21(26-13-19(18)20)27-22(30)24-5-2/h1,6-9,11-13,29H,5,10,14H2,2-3H3,(H2,24,26,27,30). The SMILES string of the molecule is C#CCOC(=O)N(C)c1ccc(-c2ccc(CO)nc2)c2cc(NC(=O)NCC)ncc12. The lowest BCUT2D eigenvalue weighted by Gasteiger charge is -2.20. The number of carbonyl (C=O) groups is 2. The number of urea groups is 1. The molecule has 9 nitrogen and oxygen atoms in total. The van der Waals surface area contributed by atoms with Crippen molar-refractivity contribution in [1.29, 1.82) is 0 Å². The Morgan fingerprint density at radius 3 is 2.66 bits per heavy atom. The van der Waals surface area contributed by atoms with Crippen LogP contribution in [0.15, 0.2) is 42.7 Å². The summed E-state index contributed by atoms with van der Waals surface area (Å²) in [6.45, 7) is 1.99. The Bertz CT molecular complexity index is 1170. The minimum Gasteiger partial charge on any atom is -0.436 e. The number of fused-ring (bicyclic) bond motifs is 1. The number of aliphatic hydroxyl groups excluding tert-OH is 1. The van der Waals surface area contributed by atoms with Crippen molar-refractivity contribution < 1.29 is 19.4 Å². The van der Waals surface area contributed by atoms with Crippen LogP contribution in [0.2, 0.25) is 0 Å². The van der Waals surface area contributed by atoms with Crippen molar-refractivity contribution in [3.63, 3.8) is 0 Å². The molecule has 0 saturated carbocycles. The summed E-state index contributed by atoms with van der Waals surface area (Å²) >= 11 is 0. The van der Waals surface area contributed by atoms with Gasteiger partial charge >= 0.3 is 12.1 Å². The lowest BCUT2D eigenvalue weighted by molar-refractivity contribution is 0.169. The Kier molecular flexibility index (Phi) is 7.21. The van der Waals surface area contributed by atoms with Crippen LogP contribution in [0.4, 0.5) is 21.1 Å². The van der Waals surface area contributed by atoms with E-state index in [0.717, 1.165) is 16.5 Å². The van der Waals surface area contributed by atoms with Crippen LogP contribution >= 0.6 is 0 Å². The number of terminal acetylenes is 1. The number of aromatic nitrogens is 2. The number of nitrogens with one attached hydrogen (secondary N) is 2. The monoisotopic (exact) mass is 433 g/mol. The zero-order valence-corrected chi connectivity index (χ0v) is 17.8. The number of amides is 3. The number of aliphatic hydroxyl groups is 1. The van der Waals surface area contributed by atoms with Gasteiger partial charge in [0.25, 0.3) is 0 Å². The highest BCUT2D eigenvalue weighted by atomic mass is 16.6. The molecule has 2 aromatic heterocycles. The first-order valence-electron chi connectivity index (χ1n) is 9.86. The van der Waals surface area contributed by atoms with E-state index in [4.69, 9.17) is 11.2 Å². The van der Waals surface area contributed by atoms with Crippen molar-refractivity contribution in [2.24, 2.45) is 0 Å². The zero-order valence-electron chi connectivity index (χ0n) is 17.8. The van der Waals surface area contributed by atoms with Crippen LogP contribution in [0, 0.1) is 12.3 Å². The van der Waals surface area contributed by atoms with Gasteiger partial charge in [0.2, 0.25) is 0 Å². The van der Waals surface area contributed by atoms with Gasteiger partial charge in [-0.1, -0.05) is 18.1 Å². The Labute approximate surface area is 185 Å². The van der Waals surface area contributed by atoms with Gasteiger partial charge in [-0.3, -0.25) is 15.2 Å². The first-order valence-corrected chi connectivity index (χ1v) is 9.86. The van der Waals surface area contributed by atoms with Gasteiger partial charge in [0.15, 0.2) is 6.61 Å². The quantitative estimate of drug-likeness (QED) is 0.514. The molecule has 0 aliphatic heterocycles. The third-order valence-corrected chi connectivity index (χ3v) is 4.67. The Morgan fingerprint density at radius 2 is 2.00 bits per heavy atom. The summed E-state index contributed by atoms with van der Waals surface area (Å²) < 4.78 is 5.03. The van der Waals surface area contributed by atoms with Gasteiger partial charge in [0.05, 0.1) is 18.0 Å². The molecule has 9 heteroatoms. The van der Waals surface area contributed by atoms with E-state index >= 15 is 0 Å². The molecule has 0 saturated heterocycles. The molecule has 0 aliphatic rings. The highest BCUT2D eigenvalue weighted by Crippen LogP contribution is 2.35. The van der Waals surface area contributed by atoms with Crippen molar-refractivity contribution >= 4 is 34.4 Å². The van der Waals surface area contributed by atoms with E-state index in [9.17, 15) is 14.7 Å². The Hall–Kier alpha value is -4.16. The smallest absolute Gasteiger partial charge is 0.415 e. The van der Waals surface area contributed by atoms with Crippen LogP contribution in [0.25, 0.3) is 21.9 Å². The molecule has 3 aromatic rings. The summed E-state index contributed by atoms with van der Waals surface area (Å²) in [6, 6.07) is 8.54. The molecule has 0 bridgehead atoms. The van der Waals surface area contributed by atoms with Crippen LogP contribution in [0.5, 0.6) is 0 Å². The molecule has 0 atom stereocenters. The number of hydrogen-bond acceptors (Lipinski definition) is 6. The summed E-state index contributed by atoms with van der Waals surface area (Å²) in [5, 5.41) is 16.0. The van der Waals surface area contributed by atoms with E-state index in [0.29, 0.717) is 29.1 Å². The van der Waals surface area contributed by atoms with Crippen molar-refractivity contribution in [3.05, 3.63) is 48.4 Å². The van der Waals surface area contributed by atoms with Gasteiger partial charge in [-0.25, -0.2) is 14.6 Å². The molecule has 164 valence electrons. The molecule has 2 heterocycles. The van der Waals surface area contributed by atoms with Gasteiger partial charge in [-0.05, 0) is 36.1 Å². The topological polar surface area (TPSA) is 117 Å². The maximum absolute atomic E-state index is 12.3. The van der Waals surface area contributed by atoms with Crippen LogP contribution < -0.4 is 15.5 Å². The van der Waals surface area contributed by atoms with Crippen LogP contribution in [0.3, 0.4) is 0 Å². The molecule has 0 fully saturated rings. The third kappa shape index (κ3) is 4.94. The second-order valence-electron chi connectivity index (χ2n) is 6.75. The summed E-state index contributed by atoms with van der Waals surface area (Å²) in [5.41, 5.74) is 2.72. The highest BCUT2D eigenvalue weighted by Gasteiger charge is 2.18. The number of hydrogen-bond donors (Lipinski definition) is 3. The van der Waals surface area contributed by atoms with Gasteiger partial charge < -0.3 is 15.2 Å². The summed E-state index contributed by atoms with van der Waals surface area (Å²) in [4.78, 5) is 34.2. The zero-order chi connectivity index (χ0) is 23.1. The fourth-order valence-electron chi connectivity index (χ4n) is 3.13. The Balaban J connectivity index is 2.12. The lowest BCUT2D eigenvalue weighted by Crippen LogP contribution is -2.28. The second-order valence-corrected chi connectivity index (χ2v) is 6.75. The fourth-order valence-corrected chi connectivity index (χ4v) is 3.13. The molecule has 3 rings (SSSR count). The largest absolute Gasteiger partial charge is 0.436 e. The van der Waals surface area contributed by atoms with E-state index in [1.165, 1.54) is 4.90 Å². The van der Waals surface area contributed by atoms with Crippen molar-refractivity contribution in [2.45, 2.75) is 13.5 Å². The first kappa shape index (κ1) is 22.5. The molecule has 3 N–H and O–H groups in total. The number of rotatable bonds is 6. The van der Waals surface area contributed by atoms with Crippen molar-refractivity contribution in [1.82, 2.24) is 15.3 Å². The van der Waals surface area contributed by atoms with Crippen molar-refractivity contribution in [2.75, 3.05) is 30.4 Å². The van der Waals surface area contributed by atoms with E-state index in [1.54, 1.807) is 37.6 Å². The number of pyridine rings is 2. The molecule has 3 amide bonds. The second kappa shape index (κ2) is 10.2. The van der Waals surface area contributed by atoms with Crippen LogP contribution in [-0.4, -0.2) is 47.4 Å². The number of ether oxygens (including phenoxy) is 1. The molecule has 1 aromatic carbocycles. The number of nitrogens with zero attached hydrogens (tertiary/aromatic N) is 3. The number of benzene rings is 1. The first-order chi connectivity index (χ1) is 15.5. The molecule has 0 unspecified atom stereocenters. The molecule has 0 aliphatic carbocycles. The van der Waals surface area contributed by atoms with Gasteiger partial charge in [-0.15, -0.1) is 6.42 Å². The molecular weight excluding hydrogens is 410 g/mol. The van der Waals surface area contributed by atoms with Gasteiger partial charge in [0.1, 0.15) is 5.82 Å². The average Bonchev–Trinajstić information content (AvgIpc) is 2.81. The lowest BCUT2D eigenvalue weighted by atomic mass is 9.98. The summed E-state index contributed by atoms with van der Waals surface area (Å²) in [5.74, 6) is 2.61. The minimum atomic E-state index is -0.601. The van der Waals surface area contributed by atoms with Gasteiger partial charge in [0, 0.05) is 36.9 Å². The predicted octanol–water partition coefficient (Wildman–Crippen LogP) is 3.14. The van der Waals surface area contributed by atoms with Crippen molar-refractivity contribution in [3.8, 4) is 23.5 Å². The predicted molar refractivity (Wildman–Crippen MR) is 122 cm³/mol. The highest BCUT2D eigenvalue weighted by molar-refractivity contribution is 6.08. The van der Waals surface area contributed by atoms with Crippen LogP contribution in [0.1, 0.15) is 12.6 Å². The van der Waals surface area contributed by atoms with Crippen LogP contribution in [-0.2, 0) is 11.3 Å². The molecular formula is C23H23N5O4. The number of carbonyl (C=O) groups excluding carboxylic acids is 2. The maximum Gasteiger partial charge on any atom is 0.415 e. The normalized spacial score (nSPS) is 10.3. The Morgan fingerprint density at radius 1 is 1.19 bits per heavy atom. The van der Waals surface area contributed by atoms with E-state index < -0.39 is 6.09 Å². The molecule has 0 spiro atoms. The third-order valence-electron chi connectivity index (χ3n) is 4.67. The fraction of sp³-hybridized carbons (Fsp3) is 0.217. The minimum absolute atomic E-state index is 0.138. The maximum atomic E-state index is 12.3. The average molecular weight is 433 g/mol. The number of anilines is 2. The molecule has 0 radical (unpaired) electrons. The molecule has 32 heavy (non-hydrogen) atoms. The van der Waals surface area contributed by atoms with E-state index in [2.05, 4.69) is 26.5 Å². The van der Waals surface area contributed by atoms with E-state index in [-0.39, 0.29) is 19.2 Å².